The van der Waals surface area contributed by atoms with Gasteiger partial charge in [0.15, 0.2) is 17.6 Å². The number of hydrogen-bond donors (Lipinski definition) is 2. The molecule has 2 rings (SSSR count). The normalized spacial score (nSPS) is 11.2. The van der Waals surface area contributed by atoms with Gasteiger partial charge in [-0.25, -0.2) is 0 Å². The Morgan fingerprint density at radius 3 is 2.44 bits per heavy atom. The summed E-state index contributed by atoms with van der Waals surface area (Å²) in [6, 6.07) is 14.0. The summed E-state index contributed by atoms with van der Waals surface area (Å²) in [7, 11) is 1.54. The van der Waals surface area contributed by atoms with Crippen LogP contribution in [0, 0.1) is 0 Å². The summed E-state index contributed by atoms with van der Waals surface area (Å²) < 4.78 is 11.1. The van der Waals surface area contributed by atoms with E-state index in [1.807, 2.05) is 19.1 Å². The molecule has 142 valence electrons. The van der Waals surface area contributed by atoms with E-state index >= 15 is 0 Å². The second-order valence-electron chi connectivity index (χ2n) is 5.70. The van der Waals surface area contributed by atoms with Gasteiger partial charge in [-0.15, -0.1) is 6.58 Å². The summed E-state index contributed by atoms with van der Waals surface area (Å²) in [5.74, 6) is 0.406. The highest BCUT2D eigenvalue weighted by molar-refractivity contribution is 6.04. The molecule has 0 aliphatic carbocycles. The van der Waals surface area contributed by atoms with Crippen molar-refractivity contribution in [3.63, 3.8) is 0 Å². The molecule has 0 fully saturated rings. The van der Waals surface area contributed by atoms with Gasteiger partial charge >= 0.3 is 0 Å². The van der Waals surface area contributed by atoms with Crippen molar-refractivity contribution in [3.8, 4) is 11.5 Å². The van der Waals surface area contributed by atoms with E-state index in [4.69, 9.17) is 9.47 Å². The van der Waals surface area contributed by atoms with Crippen LogP contribution in [0.2, 0.25) is 0 Å². The number of amides is 2. The summed E-state index contributed by atoms with van der Waals surface area (Å²) in [5.41, 5.74) is 0.797. The Labute approximate surface area is 159 Å². The Morgan fingerprint density at radius 2 is 1.78 bits per heavy atom. The van der Waals surface area contributed by atoms with Crippen LogP contribution in [0.25, 0.3) is 0 Å². The smallest absolute Gasteiger partial charge is 0.265 e. The lowest BCUT2D eigenvalue weighted by Gasteiger charge is -2.19. The largest absolute Gasteiger partial charge is 0.493 e. The van der Waals surface area contributed by atoms with Gasteiger partial charge < -0.3 is 20.1 Å². The Morgan fingerprint density at radius 1 is 1.11 bits per heavy atom. The van der Waals surface area contributed by atoms with Crippen LogP contribution in [0.4, 0.5) is 5.69 Å². The molecule has 0 heterocycles. The van der Waals surface area contributed by atoms with Crippen LogP contribution in [-0.4, -0.2) is 31.6 Å². The van der Waals surface area contributed by atoms with Gasteiger partial charge in [-0.3, -0.25) is 9.59 Å². The fraction of sp³-hybridized carbons (Fsp3) is 0.238. The van der Waals surface area contributed by atoms with E-state index in [0.717, 1.165) is 0 Å². The third kappa shape index (κ3) is 5.34. The first kappa shape index (κ1) is 20.0. The summed E-state index contributed by atoms with van der Waals surface area (Å²) in [6.45, 7) is 5.77. The van der Waals surface area contributed by atoms with E-state index in [-0.39, 0.29) is 11.8 Å². The number of ether oxygens (including phenoxy) is 2. The highest BCUT2D eigenvalue weighted by Crippen LogP contribution is 2.27. The van der Waals surface area contributed by atoms with Crippen molar-refractivity contribution in [2.45, 2.75) is 19.4 Å². The van der Waals surface area contributed by atoms with E-state index in [1.165, 1.54) is 0 Å². The highest BCUT2D eigenvalue weighted by atomic mass is 16.5. The topological polar surface area (TPSA) is 76.7 Å². The lowest BCUT2D eigenvalue weighted by atomic mass is 10.1. The molecule has 6 heteroatoms. The second-order valence-corrected chi connectivity index (χ2v) is 5.70. The molecule has 2 N–H and O–H groups in total. The predicted octanol–water partition coefficient (Wildman–Crippen LogP) is 3.41. The van der Waals surface area contributed by atoms with Crippen LogP contribution in [0.15, 0.2) is 61.2 Å². The molecule has 0 unspecified atom stereocenters. The number of methoxy groups -OCH3 is 1. The van der Waals surface area contributed by atoms with Crippen molar-refractivity contribution >= 4 is 17.5 Å². The molecule has 6 nitrogen and oxygen atoms in total. The summed E-state index contributed by atoms with van der Waals surface area (Å²) >= 11 is 0. The number of hydrogen-bond acceptors (Lipinski definition) is 4. The molecule has 0 spiro atoms. The van der Waals surface area contributed by atoms with Crippen molar-refractivity contribution in [2.24, 2.45) is 0 Å². The zero-order valence-electron chi connectivity index (χ0n) is 15.5. The van der Waals surface area contributed by atoms with Crippen LogP contribution < -0.4 is 20.1 Å². The molecule has 2 amide bonds. The van der Waals surface area contributed by atoms with Gasteiger partial charge in [0.1, 0.15) is 0 Å². The number of benzene rings is 2. The van der Waals surface area contributed by atoms with E-state index in [2.05, 4.69) is 17.2 Å². The van der Waals surface area contributed by atoms with Gasteiger partial charge in [0.05, 0.1) is 18.4 Å². The van der Waals surface area contributed by atoms with Gasteiger partial charge in [0, 0.05) is 6.54 Å². The van der Waals surface area contributed by atoms with Gasteiger partial charge in [-0.1, -0.05) is 37.3 Å². The maximum atomic E-state index is 12.7. The van der Waals surface area contributed by atoms with Crippen molar-refractivity contribution < 1.29 is 19.1 Å². The minimum Gasteiger partial charge on any atom is -0.493 e. The molecular formula is C21H24N2O4. The first-order valence-corrected chi connectivity index (χ1v) is 8.69. The number of anilines is 1. The zero-order chi connectivity index (χ0) is 19.6. The molecule has 0 saturated heterocycles. The molecule has 0 aliphatic heterocycles. The molecule has 27 heavy (non-hydrogen) atoms. The summed E-state index contributed by atoms with van der Waals surface area (Å²) in [6.07, 6.45) is 1.31. The number of rotatable bonds is 9. The van der Waals surface area contributed by atoms with Crippen molar-refractivity contribution in [1.29, 1.82) is 0 Å². The van der Waals surface area contributed by atoms with E-state index in [0.29, 0.717) is 35.7 Å². The molecule has 2 aromatic rings. The maximum absolute atomic E-state index is 12.7. The fourth-order valence-electron chi connectivity index (χ4n) is 2.46. The number of nitrogens with one attached hydrogen (secondary N) is 2. The zero-order valence-corrected chi connectivity index (χ0v) is 15.5. The summed E-state index contributed by atoms with van der Waals surface area (Å²) in [4.78, 5) is 25.0. The molecule has 0 saturated carbocycles. The predicted molar refractivity (Wildman–Crippen MR) is 105 cm³/mol. The Bertz CT molecular complexity index is 804. The first-order valence-electron chi connectivity index (χ1n) is 8.69. The van der Waals surface area contributed by atoms with Crippen LogP contribution in [0.1, 0.15) is 23.7 Å². The van der Waals surface area contributed by atoms with Gasteiger partial charge in [0.25, 0.3) is 11.8 Å². The van der Waals surface area contributed by atoms with E-state index in [1.54, 1.807) is 49.6 Å². The molecule has 0 aromatic heterocycles. The lowest BCUT2D eigenvalue weighted by molar-refractivity contribution is -0.122. The maximum Gasteiger partial charge on any atom is 0.265 e. The third-order valence-corrected chi connectivity index (χ3v) is 3.84. The van der Waals surface area contributed by atoms with E-state index < -0.39 is 6.10 Å². The standard InChI is InChI=1S/C21H24N2O4/c1-4-14-22-20(24)15-10-6-7-11-16(15)23-21(25)17(5-2)27-19-13-9-8-12-18(19)26-3/h4,6-13,17H,1,5,14H2,2-3H3,(H,22,24)(H,23,25)/t17-/m0/s1. The van der Waals surface area contributed by atoms with Crippen molar-refractivity contribution in [3.05, 3.63) is 66.7 Å². The molecule has 1 atom stereocenters. The third-order valence-electron chi connectivity index (χ3n) is 3.84. The molecule has 0 radical (unpaired) electrons. The average Bonchev–Trinajstić information content (AvgIpc) is 2.70. The van der Waals surface area contributed by atoms with Crippen LogP contribution in [0.3, 0.4) is 0 Å². The first-order chi connectivity index (χ1) is 13.1. The number of para-hydroxylation sites is 3. The highest BCUT2D eigenvalue weighted by Gasteiger charge is 2.22. The van der Waals surface area contributed by atoms with Gasteiger partial charge in [-0.2, -0.15) is 0 Å². The Balaban J connectivity index is 2.15. The summed E-state index contributed by atoms with van der Waals surface area (Å²) in [5, 5.41) is 5.49. The minimum absolute atomic E-state index is 0.288. The fourth-order valence-corrected chi connectivity index (χ4v) is 2.46. The SMILES string of the molecule is C=CCNC(=O)c1ccccc1NC(=O)[C@H](CC)Oc1ccccc1OC. The monoisotopic (exact) mass is 368 g/mol. The molecule has 0 bridgehead atoms. The number of carbonyl (C=O) groups excluding carboxylic acids is 2. The van der Waals surface area contributed by atoms with Crippen molar-refractivity contribution in [2.75, 3.05) is 19.0 Å². The number of carbonyl (C=O) groups is 2. The van der Waals surface area contributed by atoms with Crippen molar-refractivity contribution in [1.82, 2.24) is 5.32 Å². The van der Waals surface area contributed by atoms with Crippen LogP contribution >= 0.6 is 0 Å². The van der Waals surface area contributed by atoms with Gasteiger partial charge in [-0.05, 0) is 30.7 Å². The lowest BCUT2D eigenvalue weighted by Crippen LogP contribution is -2.33. The quantitative estimate of drug-likeness (QED) is 0.665. The van der Waals surface area contributed by atoms with E-state index in [9.17, 15) is 9.59 Å². The minimum atomic E-state index is -0.731. The Kier molecular flexibility index (Phi) is 7.43. The molecule has 2 aromatic carbocycles. The van der Waals surface area contributed by atoms with Gasteiger partial charge in [0.2, 0.25) is 0 Å². The van der Waals surface area contributed by atoms with Crippen LogP contribution in [-0.2, 0) is 4.79 Å². The average molecular weight is 368 g/mol. The van der Waals surface area contributed by atoms with Crippen LogP contribution in [0.5, 0.6) is 11.5 Å². The molecule has 0 aliphatic rings. The second kappa shape index (κ2) is 10.0. The molecular weight excluding hydrogens is 344 g/mol. The Hall–Kier alpha value is -3.28.